The maximum absolute atomic E-state index is 12.1. The number of benzene rings is 2. The number of alkyl halides is 2. The van der Waals surface area contributed by atoms with Crippen LogP contribution in [0.15, 0.2) is 36.4 Å². The van der Waals surface area contributed by atoms with Crippen molar-refractivity contribution in [2.45, 2.75) is 6.61 Å². The number of anilines is 2. The predicted molar refractivity (Wildman–Crippen MR) is 97.5 cm³/mol. The van der Waals surface area contributed by atoms with Crippen LogP contribution in [0.2, 0.25) is 15.1 Å². The van der Waals surface area contributed by atoms with E-state index in [9.17, 15) is 8.78 Å². The van der Waals surface area contributed by atoms with Crippen LogP contribution in [0.3, 0.4) is 0 Å². The Balaban J connectivity index is 1.92. The van der Waals surface area contributed by atoms with E-state index >= 15 is 0 Å². The van der Waals surface area contributed by atoms with Crippen molar-refractivity contribution < 1.29 is 13.5 Å². The molecular formula is C14H10Cl3F2N3OS. The molecule has 3 N–H and O–H groups in total. The van der Waals surface area contributed by atoms with Gasteiger partial charge in [-0.2, -0.15) is 8.78 Å². The Morgan fingerprint density at radius 3 is 2.17 bits per heavy atom. The van der Waals surface area contributed by atoms with Gasteiger partial charge in [0.05, 0.1) is 15.7 Å². The SMILES string of the molecule is FC(F)Oc1ccc(NC(=S)NNc2c(Cl)cc(Cl)cc2Cl)cc1. The smallest absolute Gasteiger partial charge is 0.387 e. The molecule has 10 heteroatoms. The van der Waals surface area contributed by atoms with Gasteiger partial charge in [-0.05, 0) is 48.6 Å². The first-order chi connectivity index (χ1) is 11.3. The van der Waals surface area contributed by atoms with Gasteiger partial charge in [0.1, 0.15) is 5.75 Å². The van der Waals surface area contributed by atoms with Crippen LogP contribution in [0.4, 0.5) is 20.2 Å². The highest BCUT2D eigenvalue weighted by Gasteiger charge is 2.08. The molecule has 0 aromatic heterocycles. The van der Waals surface area contributed by atoms with E-state index in [1.807, 2.05) is 0 Å². The van der Waals surface area contributed by atoms with Crippen molar-refractivity contribution in [2.24, 2.45) is 0 Å². The third kappa shape index (κ3) is 5.52. The number of hydrogen-bond acceptors (Lipinski definition) is 3. The van der Waals surface area contributed by atoms with Gasteiger partial charge >= 0.3 is 6.61 Å². The number of rotatable bonds is 5. The quantitative estimate of drug-likeness (QED) is 0.443. The highest BCUT2D eigenvalue weighted by Crippen LogP contribution is 2.33. The van der Waals surface area contributed by atoms with Crippen molar-refractivity contribution in [3.8, 4) is 5.75 Å². The lowest BCUT2D eigenvalue weighted by molar-refractivity contribution is -0.0498. The van der Waals surface area contributed by atoms with Gasteiger partial charge in [0.25, 0.3) is 0 Å². The number of ether oxygens (including phenoxy) is 1. The molecule has 0 heterocycles. The van der Waals surface area contributed by atoms with Crippen LogP contribution in [0.1, 0.15) is 0 Å². The summed E-state index contributed by atoms with van der Waals surface area (Å²) in [7, 11) is 0. The Kier molecular flexibility index (Phi) is 6.68. The number of hydrazine groups is 1. The van der Waals surface area contributed by atoms with Crippen LogP contribution in [0.5, 0.6) is 5.75 Å². The highest BCUT2D eigenvalue weighted by molar-refractivity contribution is 7.80. The summed E-state index contributed by atoms with van der Waals surface area (Å²) in [4.78, 5) is 0. The Hall–Kier alpha value is -1.54. The molecular weight excluding hydrogens is 403 g/mol. The van der Waals surface area contributed by atoms with Gasteiger partial charge in [0.2, 0.25) is 0 Å². The van der Waals surface area contributed by atoms with Crippen molar-refractivity contribution in [1.29, 1.82) is 0 Å². The topological polar surface area (TPSA) is 45.3 Å². The van der Waals surface area contributed by atoms with E-state index in [-0.39, 0.29) is 10.9 Å². The van der Waals surface area contributed by atoms with Gasteiger partial charge in [0.15, 0.2) is 5.11 Å². The van der Waals surface area contributed by atoms with Gasteiger partial charge < -0.3 is 10.1 Å². The molecule has 0 bridgehead atoms. The summed E-state index contributed by atoms with van der Waals surface area (Å²) in [6, 6.07) is 8.89. The second-order valence-corrected chi connectivity index (χ2v) is 6.01. The minimum absolute atomic E-state index is 0.0484. The van der Waals surface area contributed by atoms with Gasteiger partial charge in [-0.1, -0.05) is 34.8 Å². The molecule has 0 aliphatic rings. The summed E-state index contributed by atoms with van der Waals surface area (Å²) < 4.78 is 28.4. The van der Waals surface area contributed by atoms with Crippen LogP contribution in [0, 0.1) is 0 Å². The fraction of sp³-hybridized carbons (Fsp3) is 0.0714. The molecule has 0 atom stereocenters. The molecule has 0 unspecified atom stereocenters. The Morgan fingerprint density at radius 1 is 1.04 bits per heavy atom. The van der Waals surface area contributed by atoms with Crippen LogP contribution in [-0.2, 0) is 0 Å². The van der Waals surface area contributed by atoms with Crippen molar-refractivity contribution >= 4 is 63.5 Å². The summed E-state index contributed by atoms with van der Waals surface area (Å²) in [6.07, 6.45) is 0. The van der Waals surface area contributed by atoms with Gasteiger partial charge in [0, 0.05) is 10.7 Å². The summed E-state index contributed by atoms with van der Waals surface area (Å²) in [5.41, 5.74) is 6.45. The van der Waals surface area contributed by atoms with E-state index in [0.717, 1.165) is 0 Å². The lowest BCUT2D eigenvalue weighted by Crippen LogP contribution is -2.33. The average Bonchev–Trinajstić information content (AvgIpc) is 2.47. The Morgan fingerprint density at radius 2 is 1.62 bits per heavy atom. The first kappa shape index (κ1) is 18.8. The zero-order chi connectivity index (χ0) is 17.7. The van der Waals surface area contributed by atoms with E-state index in [1.54, 1.807) is 0 Å². The molecule has 0 spiro atoms. The van der Waals surface area contributed by atoms with E-state index in [0.29, 0.717) is 26.4 Å². The first-order valence-corrected chi connectivity index (χ1v) is 7.92. The summed E-state index contributed by atoms with van der Waals surface area (Å²) in [6.45, 7) is -2.87. The molecule has 0 fully saturated rings. The van der Waals surface area contributed by atoms with Crippen molar-refractivity contribution in [1.82, 2.24) is 5.43 Å². The first-order valence-electron chi connectivity index (χ1n) is 6.37. The third-order valence-corrected chi connectivity index (χ3v) is 3.66. The second-order valence-electron chi connectivity index (χ2n) is 4.35. The van der Waals surface area contributed by atoms with E-state index < -0.39 is 6.61 Å². The summed E-state index contributed by atoms with van der Waals surface area (Å²) in [5.74, 6) is 0.0484. The van der Waals surface area contributed by atoms with E-state index in [2.05, 4.69) is 20.9 Å². The zero-order valence-corrected chi connectivity index (χ0v) is 14.8. The zero-order valence-electron chi connectivity index (χ0n) is 11.7. The summed E-state index contributed by atoms with van der Waals surface area (Å²) in [5, 5.41) is 4.09. The molecule has 2 aromatic carbocycles. The third-order valence-electron chi connectivity index (χ3n) is 2.65. The fourth-order valence-electron chi connectivity index (χ4n) is 1.66. The van der Waals surface area contributed by atoms with Gasteiger partial charge in [-0.3, -0.25) is 10.9 Å². The number of thiocarbonyl (C=S) groups is 1. The number of nitrogens with one attached hydrogen (secondary N) is 3. The van der Waals surface area contributed by atoms with Gasteiger partial charge in [-0.25, -0.2) is 0 Å². The molecule has 0 radical (unpaired) electrons. The monoisotopic (exact) mass is 411 g/mol. The number of halogens is 5. The average molecular weight is 413 g/mol. The molecule has 128 valence electrons. The number of hydrogen-bond donors (Lipinski definition) is 3. The van der Waals surface area contributed by atoms with Gasteiger partial charge in [-0.15, -0.1) is 0 Å². The lowest BCUT2D eigenvalue weighted by Gasteiger charge is -2.15. The molecule has 0 aliphatic carbocycles. The molecule has 0 amide bonds. The molecule has 0 aliphatic heterocycles. The molecule has 0 saturated carbocycles. The fourth-order valence-corrected chi connectivity index (χ4v) is 2.74. The largest absolute Gasteiger partial charge is 0.435 e. The lowest BCUT2D eigenvalue weighted by atomic mass is 10.3. The maximum atomic E-state index is 12.1. The second kappa shape index (κ2) is 8.53. The minimum atomic E-state index is -2.87. The van der Waals surface area contributed by atoms with Crippen molar-refractivity contribution in [2.75, 3.05) is 10.7 Å². The molecule has 4 nitrogen and oxygen atoms in total. The van der Waals surface area contributed by atoms with Crippen LogP contribution in [0.25, 0.3) is 0 Å². The van der Waals surface area contributed by atoms with E-state index in [4.69, 9.17) is 47.0 Å². The molecule has 24 heavy (non-hydrogen) atoms. The standard InChI is InChI=1S/C14H10Cl3F2N3OS/c15-7-5-10(16)12(11(17)6-7)21-22-14(24)20-8-1-3-9(4-2-8)23-13(18)19/h1-6,13,21H,(H2,20,22,24). The van der Waals surface area contributed by atoms with Crippen LogP contribution >= 0.6 is 47.0 Å². The van der Waals surface area contributed by atoms with Crippen molar-refractivity contribution in [3.05, 3.63) is 51.5 Å². The van der Waals surface area contributed by atoms with E-state index in [1.165, 1.54) is 36.4 Å². The normalized spacial score (nSPS) is 10.4. The van der Waals surface area contributed by atoms with Crippen LogP contribution < -0.4 is 20.9 Å². The van der Waals surface area contributed by atoms with Crippen molar-refractivity contribution in [3.63, 3.8) is 0 Å². The van der Waals surface area contributed by atoms with Crippen LogP contribution in [-0.4, -0.2) is 11.7 Å². The Bertz CT molecular complexity index is 709. The predicted octanol–water partition coefficient (Wildman–Crippen LogP) is 5.56. The maximum Gasteiger partial charge on any atom is 0.387 e. The molecule has 0 saturated heterocycles. The minimum Gasteiger partial charge on any atom is -0.435 e. The molecule has 2 aromatic rings. The summed E-state index contributed by atoms with van der Waals surface area (Å²) >= 11 is 23.0. The highest BCUT2D eigenvalue weighted by atomic mass is 35.5. The molecule has 2 rings (SSSR count). The Labute approximate surface area is 157 Å².